The number of carbonyl (C=O) groups excluding carboxylic acids is 1. The number of likely N-dealkylation sites (tertiary alicyclic amines) is 1. The molecule has 1 fully saturated rings. The third-order valence-electron chi connectivity index (χ3n) is 4.20. The molecule has 4 atom stereocenters. The number of benzene rings is 1. The maximum Gasteiger partial charge on any atom is 0.220 e. The molecule has 4 unspecified atom stereocenters. The summed E-state index contributed by atoms with van der Waals surface area (Å²) in [4.78, 5) is 13.9. The molecule has 21 heavy (non-hydrogen) atoms. The lowest BCUT2D eigenvalue weighted by molar-refractivity contribution is -0.133. The van der Waals surface area contributed by atoms with Crippen molar-refractivity contribution >= 4 is 35.0 Å². The number of anilines is 1. The molecule has 0 aliphatic carbocycles. The fourth-order valence-electron chi connectivity index (χ4n) is 3.32. The highest BCUT2D eigenvalue weighted by molar-refractivity contribution is 8.03. The third-order valence-corrected chi connectivity index (χ3v) is 5.68. The molecule has 1 N–H and O–H groups in total. The van der Waals surface area contributed by atoms with Gasteiger partial charge in [-0.05, 0) is 43.0 Å². The van der Waals surface area contributed by atoms with Crippen LogP contribution in [-0.2, 0) is 4.79 Å². The number of hydrogen-bond acceptors (Lipinski definition) is 3. The first kappa shape index (κ1) is 14.8. The van der Waals surface area contributed by atoms with E-state index < -0.39 is 0 Å². The van der Waals surface area contributed by atoms with Crippen LogP contribution in [0.2, 0.25) is 5.02 Å². The molecule has 5 heteroatoms. The van der Waals surface area contributed by atoms with E-state index in [1.807, 2.05) is 40.9 Å². The Labute approximate surface area is 134 Å². The number of halogens is 1. The number of fused-ring (bicyclic) bond motifs is 1. The summed E-state index contributed by atoms with van der Waals surface area (Å²) in [7, 11) is 0. The summed E-state index contributed by atoms with van der Waals surface area (Å²) in [5.74, 6) is 0.162. The van der Waals surface area contributed by atoms with E-state index in [0.29, 0.717) is 11.3 Å². The summed E-state index contributed by atoms with van der Waals surface area (Å²) < 4.78 is 0. The molecule has 0 aromatic heterocycles. The number of thioether (sulfide) groups is 1. The Hall–Kier alpha value is -1.13. The van der Waals surface area contributed by atoms with Gasteiger partial charge < -0.3 is 10.2 Å². The van der Waals surface area contributed by atoms with Crippen molar-refractivity contribution in [1.82, 2.24) is 4.90 Å². The molecule has 2 aliphatic heterocycles. The molecule has 0 spiro atoms. The quantitative estimate of drug-likeness (QED) is 0.899. The molecule has 1 saturated heterocycles. The van der Waals surface area contributed by atoms with Crippen LogP contribution in [-0.4, -0.2) is 34.2 Å². The van der Waals surface area contributed by atoms with Gasteiger partial charge in [-0.1, -0.05) is 17.7 Å². The van der Waals surface area contributed by atoms with E-state index in [0.717, 1.165) is 17.1 Å². The van der Waals surface area contributed by atoms with Crippen LogP contribution in [0.15, 0.2) is 35.7 Å². The minimum atomic E-state index is 0.162. The molecule has 3 nitrogen and oxygen atoms in total. The van der Waals surface area contributed by atoms with Crippen LogP contribution in [0.1, 0.15) is 20.3 Å². The first-order valence-electron chi connectivity index (χ1n) is 7.19. The van der Waals surface area contributed by atoms with Gasteiger partial charge in [-0.15, -0.1) is 11.8 Å². The number of carbonyl (C=O) groups is 1. The number of amides is 1. The standard InChI is InChI=1S/C16H19ClN2OS/c1-10-9-14(18-13-5-3-12(17)4-6-13)16-15(7-8-21-16)19(10)11(2)20/h3-8,10,14-16,18H,9H2,1-2H3. The van der Waals surface area contributed by atoms with Crippen LogP contribution in [0.4, 0.5) is 5.69 Å². The lowest BCUT2D eigenvalue weighted by atomic mass is 9.91. The van der Waals surface area contributed by atoms with Gasteiger partial charge >= 0.3 is 0 Å². The van der Waals surface area contributed by atoms with Crippen molar-refractivity contribution in [2.24, 2.45) is 0 Å². The zero-order valence-electron chi connectivity index (χ0n) is 12.1. The minimum absolute atomic E-state index is 0.162. The Morgan fingerprint density at radius 1 is 1.38 bits per heavy atom. The number of hydrogen-bond donors (Lipinski definition) is 1. The predicted molar refractivity (Wildman–Crippen MR) is 89.8 cm³/mol. The Kier molecular flexibility index (Phi) is 4.18. The highest BCUT2D eigenvalue weighted by Crippen LogP contribution is 2.39. The van der Waals surface area contributed by atoms with E-state index in [1.54, 1.807) is 6.92 Å². The molecule has 1 aromatic carbocycles. The summed E-state index contributed by atoms with van der Waals surface area (Å²) >= 11 is 7.75. The van der Waals surface area contributed by atoms with Crippen molar-refractivity contribution in [3.8, 4) is 0 Å². The molecular formula is C16H19ClN2OS. The van der Waals surface area contributed by atoms with Crippen molar-refractivity contribution in [3.63, 3.8) is 0 Å². The molecule has 0 radical (unpaired) electrons. The predicted octanol–water partition coefficient (Wildman–Crippen LogP) is 3.76. The normalized spacial score (nSPS) is 31.1. The van der Waals surface area contributed by atoms with Gasteiger partial charge in [0.05, 0.1) is 11.3 Å². The van der Waals surface area contributed by atoms with Crippen molar-refractivity contribution in [1.29, 1.82) is 0 Å². The van der Waals surface area contributed by atoms with Crippen LogP contribution in [0, 0.1) is 0 Å². The second-order valence-corrected chi connectivity index (χ2v) is 7.21. The van der Waals surface area contributed by atoms with Gasteiger partial charge in [0.2, 0.25) is 5.91 Å². The van der Waals surface area contributed by atoms with Crippen molar-refractivity contribution in [3.05, 3.63) is 40.8 Å². The zero-order chi connectivity index (χ0) is 15.0. The van der Waals surface area contributed by atoms with Gasteiger partial charge in [0.1, 0.15) is 0 Å². The lowest BCUT2D eigenvalue weighted by Crippen LogP contribution is -2.58. The van der Waals surface area contributed by atoms with Crippen LogP contribution >= 0.6 is 23.4 Å². The fourth-order valence-corrected chi connectivity index (χ4v) is 4.63. The first-order valence-corrected chi connectivity index (χ1v) is 8.51. The largest absolute Gasteiger partial charge is 0.381 e. The van der Waals surface area contributed by atoms with Crippen molar-refractivity contribution < 1.29 is 4.79 Å². The van der Waals surface area contributed by atoms with E-state index in [4.69, 9.17) is 11.6 Å². The van der Waals surface area contributed by atoms with Gasteiger partial charge in [-0.2, -0.15) is 0 Å². The maximum absolute atomic E-state index is 11.9. The highest BCUT2D eigenvalue weighted by atomic mass is 35.5. The Bertz CT molecular complexity index is 560. The monoisotopic (exact) mass is 322 g/mol. The van der Waals surface area contributed by atoms with Crippen molar-refractivity contribution in [2.45, 2.75) is 43.6 Å². The van der Waals surface area contributed by atoms with E-state index in [9.17, 15) is 4.79 Å². The molecule has 0 saturated carbocycles. The molecule has 112 valence electrons. The lowest BCUT2D eigenvalue weighted by Gasteiger charge is -2.45. The van der Waals surface area contributed by atoms with Gasteiger partial charge in [0.15, 0.2) is 0 Å². The van der Waals surface area contributed by atoms with Gasteiger partial charge in [0.25, 0.3) is 0 Å². The zero-order valence-corrected chi connectivity index (χ0v) is 13.7. The number of piperidine rings is 1. The Morgan fingerprint density at radius 2 is 2.10 bits per heavy atom. The molecule has 2 heterocycles. The SMILES string of the molecule is CC(=O)N1C(C)CC(Nc2ccc(Cl)cc2)C2SC=CC21. The molecule has 3 rings (SSSR count). The van der Waals surface area contributed by atoms with E-state index in [2.05, 4.69) is 23.7 Å². The summed E-state index contributed by atoms with van der Waals surface area (Å²) in [5.41, 5.74) is 1.08. The smallest absolute Gasteiger partial charge is 0.220 e. The maximum atomic E-state index is 11.9. The number of nitrogens with zero attached hydrogens (tertiary/aromatic N) is 1. The van der Waals surface area contributed by atoms with Crippen LogP contribution in [0.3, 0.4) is 0 Å². The van der Waals surface area contributed by atoms with E-state index in [-0.39, 0.29) is 18.0 Å². The molecule has 1 amide bonds. The summed E-state index contributed by atoms with van der Waals surface area (Å²) in [6.45, 7) is 3.79. The summed E-state index contributed by atoms with van der Waals surface area (Å²) in [6.07, 6.45) is 3.11. The molecule has 1 aromatic rings. The Morgan fingerprint density at radius 3 is 2.76 bits per heavy atom. The fraction of sp³-hybridized carbons (Fsp3) is 0.438. The second kappa shape index (κ2) is 5.93. The van der Waals surface area contributed by atoms with Gasteiger partial charge in [-0.25, -0.2) is 0 Å². The topological polar surface area (TPSA) is 32.3 Å². The molecule has 0 bridgehead atoms. The second-order valence-electron chi connectivity index (χ2n) is 5.69. The Balaban J connectivity index is 1.78. The molecular weight excluding hydrogens is 304 g/mol. The van der Waals surface area contributed by atoms with Crippen LogP contribution in [0.25, 0.3) is 0 Å². The van der Waals surface area contributed by atoms with Crippen LogP contribution in [0.5, 0.6) is 0 Å². The van der Waals surface area contributed by atoms with Crippen molar-refractivity contribution in [2.75, 3.05) is 5.32 Å². The molecule has 2 aliphatic rings. The minimum Gasteiger partial charge on any atom is -0.381 e. The first-order chi connectivity index (χ1) is 10.1. The summed E-state index contributed by atoms with van der Waals surface area (Å²) in [5, 5.41) is 6.86. The third kappa shape index (κ3) is 2.92. The van der Waals surface area contributed by atoms with Crippen LogP contribution < -0.4 is 5.32 Å². The van der Waals surface area contributed by atoms with E-state index >= 15 is 0 Å². The number of rotatable bonds is 2. The average Bonchev–Trinajstić information content (AvgIpc) is 2.90. The average molecular weight is 323 g/mol. The van der Waals surface area contributed by atoms with Gasteiger partial charge in [-0.3, -0.25) is 4.79 Å². The highest BCUT2D eigenvalue weighted by Gasteiger charge is 2.43. The summed E-state index contributed by atoms with van der Waals surface area (Å²) in [6, 6.07) is 8.60. The number of nitrogens with one attached hydrogen (secondary N) is 1. The van der Waals surface area contributed by atoms with Gasteiger partial charge in [0, 0.05) is 29.7 Å². The van der Waals surface area contributed by atoms with E-state index in [1.165, 1.54) is 0 Å².